The maximum Gasteiger partial charge on any atom is 0.0474 e. The zero-order chi connectivity index (χ0) is 7.66. The minimum atomic E-state index is 0.912. The smallest absolute Gasteiger partial charge is 0.0474 e. The highest BCUT2D eigenvalue weighted by atomic mass is 79.9. The van der Waals surface area contributed by atoms with E-state index in [4.69, 9.17) is 4.74 Å². The van der Waals surface area contributed by atoms with Crippen molar-refractivity contribution in [2.45, 2.75) is 32.6 Å². The summed E-state index contributed by atoms with van der Waals surface area (Å²) in [4.78, 5) is 0. The van der Waals surface area contributed by atoms with Crippen LogP contribution in [0.4, 0.5) is 0 Å². The van der Waals surface area contributed by atoms with Gasteiger partial charge in [0.05, 0.1) is 0 Å². The Hall–Kier alpha value is 0.440. The van der Waals surface area contributed by atoms with Crippen LogP contribution in [0.25, 0.3) is 0 Å². The van der Waals surface area contributed by atoms with Crippen LogP contribution in [0, 0.1) is 0 Å². The first-order valence-electron chi connectivity index (χ1n) is 4.05. The molecule has 0 aromatic carbocycles. The van der Waals surface area contributed by atoms with Gasteiger partial charge in [0.1, 0.15) is 0 Å². The Morgan fingerprint density at radius 2 is 1.80 bits per heavy atom. The van der Waals surface area contributed by atoms with Gasteiger partial charge < -0.3 is 4.74 Å². The van der Waals surface area contributed by atoms with Gasteiger partial charge in [-0.15, -0.1) is 0 Å². The van der Waals surface area contributed by atoms with E-state index in [1.165, 1.54) is 19.3 Å². The molecule has 0 saturated heterocycles. The molecule has 0 heterocycles. The lowest BCUT2D eigenvalue weighted by atomic mass is 10.3. The number of hydrogen-bond donors (Lipinski definition) is 0. The minimum absolute atomic E-state index is 0.912. The zero-order valence-corrected chi connectivity index (χ0v) is 8.32. The summed E-state index contributed by atoms with van der Waals surface area (Å²) in [5, 5.41) is 1.06. The van der Waals surface area contributed by atoms with Crippen molar-refractivity contribution >= 4 is 15.9 Å². The van der Waals surface area contributed by atoms with Crippen LogP contribution < -0.4 is 0 Å². The summed E-state index contributed by atoms with van der Waals surface area (Å²) < 4.78 is 5.35. The molecule has 1 nitrogen and oxygen atoms in total. The summed E-state index contributed by atoms with van der Waals surface area (Å²) in [5.74, 6) is 0. The fourth-order valence-electron chi connectivity index (χ4n) is 0.713. The van der Waals surface area contributed by atoms with Gasteiger partial charge in [0.2, 0.25) is 0 Å². The van der Waals surface area contributed by atoms with Gasteiger partial charge in [0, 0.05) is 18.5 Å². The second-order valence-electron chi connectivity index (χ2n) is 2.36. The van der Waals surface area contributed by atoms with Crippen LogP contribution in [0.15, 0.2) is 0 Å². The highest BCUT2D eigenvalue weighted by molar-refractivity contribution is 9.09. The Kier molecular flexibility index (Phi) is 9.86. The number of rotatable bonds is 7. The number of unbranched alkanes of at least 4 members (excludes halogenated alkanes) is 2. The van der Waals surface area contributed by atoms with Crippen molar-refractivity contribution in [2.75, 3.05) is 18.5 Å². The van der Waals surface area contributed by atoms with Crippen LogP contribution in [0.5, 0.6) is 0 Å². The lowest BCUT2D eigenvalue weighted by Crippen LogP contribution is -1.96. The average molecular weight is 209 g/mol. The highest BCUT2D eigenvalue weighted by Crippen LogP contribution is 1.95. The lowest BCUT2D eigenvalue weighted by Gasteiger charge is -2.00. The molecule has 62 valence electrons. The topological polar surface area (TPSA) is 9.23 Å². The predicted octanol–water partition coefficient (Wildman–Crippen LogP) is 2.98. The molecule has 0 aliphatic carbocycles. The molecule has 0 fully saturated rings. The third-order valence-corrected chi connectivity index (χ3v) is 1.88. The molecule has 2 heteroatoms. The van der Waals surface area contributed by atoms with Crippen molar-refractivity contribution in [1.82, 2.24) is 0 Å². The molecule has 0 bridgehead atoms. The van der Waals surface area contributed by atoms with Gasteiger partial charge in [-0.1, -0.05) is 35.7 Å². The SMILES string of the molecule is CCCCCOCCCBr. The summed E-state index contributed by atoms with van der Waals surface area (Å²) in [6.07, 6.45) is 4.93. The number of alkyl halides is 1. The number of hydrogen-bond acceptors (Lipinski definition) is 1. The zero-order valence-electron chi connectivity index (χ0n) is 6.74. The number of halogens is 1. The van der Waals surface area contributed by atoms with E-state index < -0.39 is 0 Å². The van der Waals surface area contributed by atoms with Crippen LogP contribution in [0.2, 0.25) is 0 Å². The van der Waals surface area contributed by atoms with E-state index in [1.54, 1.807) is 0 Å². The largest absolute Gasteiger partial charge is 0.381 e. The van der Waals surface area contributed by atoms with Crippen LogP contribution in [-0.4, -0.2) is 18.5 Å². The van der Waals surface area contributed by atoms with Gasteiger partial charge in [-0.2, -0.15) is 0 Å². The van der Waals surface area contributed by atoms with Crippen LogP contribution in [0.3, 0.4) is 0 Å². The van der Waals surface area contributed by atoms with Gasteiger partial charge in [-0.3, -0.25) is 0 Å². The van der Waals surface area contributed by atoms with Crippen LogP contribution in [0.1, 0.15) is 32.6 Å². The summed E-state index contributed by atoms with van der Waals surface area (Å²) in [6, 6.07) is 0. The summed E-state index contributed by atoms with van der Waals surface area (Å²) in [6.45, 7) is 4.06. The third kappa shape index (κ3) is 8.44. The van der Waals surface area contributed by atoms with E-state index in [9.17, 15) is 0 Å². The molecular formula is C8H17BrO. The van der Waals surface area contributed by atoms with Crippen LogP contribution >= 0.6 is 15.9 Å². The van der Waals surface area contributed by atoms with Crippen molar-refractivity contribution in [3.05, 3.63) is 0 Å². The number of ether oxygens (including phenoxy) is 1. The van der Waals surface area contributed by atoms with E-state index in [0.717, 1.165) is 25.0 Å². The summed E-state index contributed by atoms with van der Waals surface area (Å²) in [7, 11) is 0. The van der Waals surface area contributed by atoms with Crippen LogP contribution in [-0.2, 0) is 4.74 Å². The van der Waals surface area contributed by atoms with E-state index in [-0.39, 0.29) is 0 Å². The second-order valence-corrected chi connectivity index (χ2v) is 3.16. The molecule has 0 atom stereocenters. The maximum atomic E-state index is 5.35. The maximum absolute atomic E-state index is 5.35. The van der Waals surface area contributed by atoms with E-state index >= 15 is 0 Å². The molecule has 0 aliphatic heterocycles. The fraction of sp³-hybridized carbons (Fsp3) is 1.00. The molecule has 0 aromatic rings. The van der Waals surface area contributed by atoms with Gasteiger partial charge in [0.15, 0.2) is 0 Å². The highest BCUT2D eigenvalue weighted by Gasteiger charge is 1.86. The van der Waals surface area contributed by atoms with Crippen molar-refractivity contribution < 1.29 is 4.74 Å². The molecular weight excluding hydrogens is 192 g/mol. The predicted molar refractivity (Wildman–Crippen MR) is 48.8 cm³/mol. The van der Waals surface area contributed by atoms with Gasteiger partial charge in [-0.05, 0) is 12.8 Å². The van der Waals surface area contributed by atoms with E-state index in [1.807, 2.05) is 0 Å². The molecule has 0 rings (SSSR count). The Morgan fingerprint density at radius 1 is 1.10 bits per heavy atom. The van der Waals surface area contributed by atoms with Crippen molar-refractivity contribution in [2.24, 2.45) is 0 Å². The first-order chi connectivity index (χ1) is 4.91. The molecule has 0 unspecified atom stereocenters. The molecule has 0 aromatic heterocycles. The monoisotopic (exact) mass is 208 g/mol. The normalized spacial score (nSPS) is 10.2. The second kappa shape index (κ2) is 9.44. The quantitative estimate of drug-likeness (QED) is 0.462. The minimum Gasteiger partial charge on any atom is -0.381 e. The van der Waals surface area contributed by atoms with Gasteiger partial charge >= 0.3 is 0 Å². The lowest BCUT2D eigenvalue weighted by molar-refractivity contribution is 0.131. The van der Waals surface area contributed by atoms with E-state index in [2.05, 4.69) is 22.9 Å². The Bertz CT molecular complexity index is 49.2. The van der Waals surface area contributed by atoms with Gasteiger partial charge in [-0.25, -0.2) is 0 Å². The van der Waals surface area contributed by atoms with Crippen molar-refractivity contribution in [1.29, 1.82) is 0 Å². The summed E-state index contributed by atoms with van der Waals surface area (Å²) in [5.41, 5.74) is 0. The molecule has 0 radical (unpaired) electrons. The molecule has 0 aliphatic rings. The first-order valence-corrected chi connectivity index (χ1v) is 5.17. The van der Waals surface area contributed by atoms with E-state index in [0.29, 0.717) is 0 Å². The summed E-state index contributed by atoms with van der Waals surface area (Å²) >= 11 is 3.35. The fourth-order valence-corrected chi connectivity index (χ4v) is 0.942. The standard InChI is InChI=1S/C8H17BrO/c1-2-3-4-7-10-8-5-6-9/h2-8H2,1H3. The Balaban J connectivity index is 2.65. The molecule has 10 heavy (non-hydrogen) atoms. The Morgan fingerprint density at radius 3 is 2.40 bits per heavy atom. The molecule has 0 saturated carbocycles. The third-order valence-electron chi connectivity index (χ3n) is 1.31. The average Bonchev–Trinajstić information content (AvgIpc) is 1.97. The Labute approximate surface area is 72.3 Å². The van der Waals surface area contributed by atoms with Gasteiger partial charge in [0.25, 0.3) is 0 Å². The van der Waals surface area contributed by atoms with Crippen molar-refractivity contribution in [3.8, 4) is 0 Å². The molecule has 0 amide bonds. The first kappa shape index (κ1) is 10.4. The molecule has 0 spiro atoms. The molecule has 0 N–H and O–H groups in total. The van der Waals surface area contributed by atoms with Crippen molar-refractivity contribution in [3.63, 3.8) is 0 Å².